The number of hydrogen-bond donors (Lipinski definition) is 1. The minimum absolute atomic E-state index is 0.490. The van der Waals surface area contributed by atoms with Gasteiger partial charge < -0.3 is 10.6 Å². The van der Waals surface area contributed by atoms with Crippen molar-refractivity contribution in [3.8, 4) is 0 Å². The van der Waals surface area contributed by atoms with Crippen LogP contribution >= 0.6 is 0 Å². The molecule has 1 aliphatic rings. The molecule has 0 spiro atoms. The Morgan fingerprint density at radius 2 is 1.65 bits per heavy atom. The Labute approximate surface area is 121 Å². The molecule has 106 valence electrons. The lowest BCUT2D eigenvalue weighted by Gasteiger charge is -2.38. The number of nitrogens with two attached hydrogens (primary N) is 1. The summed E-state index contributed by atoms with van der Waals surface area (Å²) in [6.07, 6.45) is 2.53. The molecule has 0 saturated carbocycles. The maximum absolute atomic E-state index is 5.87. The van der Waals surface area contributed by atoms with E-state index >= 15 is 0 Å². The van der Waals surface area contributed by atoms with Crippen molar-refractivity contribution in [1.29, 1.82) is 0 Å². The molecule has 1 fully saturated rings. The van der Waals surface area contributed by atoms with E-state index < -0.39 is 0 Å². The molecule has 2 aromatic rings. The predicted molar refractivity (Wildman–Crippen MR) is 87.1 cm³/mol. The standard InChI is InChI=1S/C18H24N2/c1-18(2)9-11-20(12-10-18)17-8-7-14(13-19)15-5-3-4-6-16(15)17/h3-8H,9-13,19H2,1-2H3. The Hall–Kier alpha value is -1.54. The van der Waals surface area contributed by atoms with Gasteiger partial charge in [0.25, 0.3) is 0 Å². The summed E-state index contributed by atoms with van der Waals surface area (Å²) in [5.41, 5.74) is 8.96. The number of benzene rings is 2. The summed E-state index contributed by atoms with van der Waals surface area (Å²) in [5.74, 6) is 0. The van der Waals surface area contributed by atoms with Crippen LogP contribution in [0.4, 0.5) is 5.69 Å². The van der Waals surface area contributed by atoms with E-state index in [9.17, 15) is 0 Å². The molecular formula is C18H24N2. The van der Waals surface area contributed by atoms with E-state index in [2.05, 4.69) is 55.1 Å². The van der Waals surface area contributed by atoms with Gasteiger partial charge in [-0.1, -0.05) is 44.2 Å². The van der Waals surface area contributed by atoms with Crippen molar-refractivity contribution in [2.45, 2.75) is 33.2 Å². The highest BCUT2D eigenvalue weighted by Crippen LogP contribution is 2.35. The zero-order chi connectivity index (χ0) is 14.2. The van der Waals surface area contributed by atoms with Crippen molar-refractivity contribution in [2.75, 3.05) is 18.0 Å². The quantitative estimate of drug-likeness (QED) is 0.894. The van der Waals surface area contributed by atoms with Crippen LogP contribution in [0.1, 0.15) is 32.3 Å². The molecule has 0 atom stereocenters. The van der Waals surface area contributed by atoms with E-state index in [1.165, 1.54) is 34.9 Å². The molecule has 2 nitrogen and oxygen atoms in total. The highest BCUT2D eigenvalue weighted by molar-refractivity contribution is 5.96. The van der Waals surface area contributed by atoms with E-state index in [0.717, 1.165) is 13.1 Å². The lowest BCUT2D eigenvalue weighted by Crippen LogP contribution is -2.37. The van der Waals surface area contributed by atoms with Gasteiger partial charge in [-0.3, -0.25) is 0 Å². The monoisotopic (exact) mass is 268 g/mol. The van der Waals surface area contributed by atoms with Gasteiger partial charge in [0.15, 0.2) is 0 Å². The molecule has 0 bridgehead atoms. The first-order valence-corrected chi connectivity index (χ1v) is 7.56. The minimum Gasteiger partial charge on any atom is -0.371 e. The molecular weight excluding hydrogens is 244 g/mol. The van der Waals surface area contributed by atoms with Gasteiger partial charge >= 0.3 is 0 Å². The first-order valence-electron chi connectivity index (χ1n) is 7.56. The van der Waals surface area contributed by atoms with Gasteiger partial charge in [-0.15, -0.1) is 0 Å². The van der Waals surface area contributed by atoms with Gasteiger partial charge in [-0.25, -0.2) is 0 Å². The van der Waals surface area contributed by atoms with Crippen LogP contribution in [0.15, 0.2) is 36.4 Å². The molecule has 0 amide bonds. The Morgan fingerprint density at radius 3 is 2.30 bits per heavy atom. The van der Waals surface area contributed by atoms with Crippen LogP contribution in [-0.2, 0) is 6.54 Å². The Bertz CT molecular complexity index is 606. The lowest BCUT2D eigenvalue weighted by molar-refractivity contribution is 0.280. The number of anilines is 1. The fourth-order valence-corrected chi connectivity index (χ4v) is 3.15. The number of rotatable bonds is 2. The second kappa shape index (κ2) is 5.10. The minimum atomic E-state index is 0.490. The van der Waals surface area contributed by atoms with Crippen molar-refractivity contribution in [3.63, 3.8) is 0 Å². The number of piperidine rings is 1. The zero-order valence-corrected chi connectivity index (χ0v) is 12.5. The summed E-state index contributed by atoms with van der Waals surface area (Å²) in [4.78, 5) is 2.54. The smallest absolute Gasteiger partial charge is 0.0446 e. The van der Waals surface area contributed by atoms with Gasteiger partial charge in [0.05, 0.1) is 0 Å². The van der Waals surface area contributed by atoms with Gasteiger partial charge in [0.1, 0.15) is 0 Å². The first kappa shape index (κ1) is 13.4. The van der Waals surface area contributed by atoms with Crippen LogP contribution in [0, 0.1) is 5.41 Å². The second-order valence-corrected chi connectivity index (χ2v) is 6.64. The van der Waals surface area contributed by atoms with Crippen molar-refractivity contribution < 1.29 is 0 Å². The van der Waals surface area contributed by atoms with E-state index in [0.29, 0.717) is 12.0 Å². The van der Waals surface area contributed by atoms with E-state index in [1.807, 2.05) is 0 Å². The Morgan fingerprint density at radius 1 is 1.00 bits per heavy atom. The molecule has 20 heavy (non-hydrogen) atoms. The van der Waals surface area contributed by atoms with E-state index in [1.54, 1.807) is 0 Å². The maximum Gasteiger partial charge on any atom is 0.0446 e. The molecule has 2 aromatic carbocycles. The van der Waals surface area contributed by atoms with E-state index in [-0.39, 0.29) is 0 Å². The normalized spacial score (nSPS) is 18.4. The number of nitrogens with zero attached hydrogens (tertiary/aromatic N) is 1. The average molecular weight is 268 g/mol. The molecule has 0 radical (unpaired) electrons. The fourth-order valence-electron chi connectivity index (χ4n) is 3.15. The maximum atomic E-state index is 5.87. The molecule has 1 aliphatic heterocycles. The SMILES string of the molecule is CC1(C)CCN(c2ccc(CN)c3ccccc23)CC1. The van der Waals surface area contributed by atoms with Gasteiger partial charge in [0, 0.05) is 30.7 Å². The predicted octanol–water partition coefficient (Wildman–Crippen LogP) is 3.92. The van der Waals surface area contributed by atoms with Crippen LogP contribution in [-0.4, -0.2) is 13.1 Å². The molecule has 1 heterocycles. The third-order valence-corrected chi connectivity index (χ3v) is 4.67. The summed E-state index contributed by atoms with van der Waals surface area (Å²) in [7, 11) is 0. The van der Waals surface area contributed by atoms with Crippen LogP contribution in [0.3, 0.4) is 0 Å². The second-order valence-electron chi connectivity index (χ2n) is 6.64. The lowest BCUT2D eigenvalue weighted by atomic mass is 9.82. The molecule has 2 heteroatoms. The topological polar surface area (TPSA) is 29.3 Å². The van der Waals surface area contributed by atoms with Crippen molar-refractivity contribution in [3.05, 3.63) is 42.0 Å². The molecule has 0 unspecified atom stereocenters. The van der Waals surface area contributed by atoms with Gasteiger partial charge in [-0.05, 0) is 35.3 Å². The third kappa shape index (κ3) is 2.40. The highest BCUT2D eigenvalue weighted by atomic mass is 15.1. The summed E-state index contributed by atoms with van der Waals surface area (Å²) in [6.45, 7) is 7.66. The van der Waals surface area contributed by atoms with Gasteiger partial charge in [-0.2, -0.15) is 0 Å². The van der Waals surface area contributed by atoms with Crippen LogP contribution in [0.25, 0.3) is 10.8 Å². The molecule has 3 rings (SSSR count). The molecule has 0 aromatic heterocycles. The van der Waals surface area contributed by atoms with Gasteiger partial charge in [0.2, 0.25) is 0 Å². The molecule has 0 aliphatic carbocycles. The Balaban J connectivity index is 2.01. The van der Waals surface area contributed by atoms with Crippen molar-refractivity contribution in [2.24, 2.45) is 11.1 Å². The Kier molecular flexibility index (Phi) is 3.43. The van der Waals surface area contributed by atoms with E-state index in [4.69, 9.17) is 5.73 Å². The number of hydrogen-bond acceptors (Lipinski definition) is 2. The van der Waals surface area contributed by atoms with Crippen molar-refractivity contribution in [1.82, 2.24) is 0 Å². The fraction of sp³-hybridized carbons (Fsp3) is 0.444. The van der Waals surface area contributed by atoms with Crippen molar-refractivity contribution >= 4 is 16.5 Å². The average Bonchev–Trinajstić information content (AvgIpc) is 2.46. The first-order chi connectivity index (χ1) is 9.61. The molecule has 1 saturated heterocycles. The summed E-state index contributed by atoms with van der Waals surface area (Å²) >= 11 is 0. The zero-order valence-electron chi connectivity index (χ0n) is 12.5. The summed E-state index contributed by atoms with van der Waals surface area (Å²) in [6, 6.07) is 13.1. The summed E-state index contributed by atoms with van der Waals surface area (Å²) in [5, 5.41) is 2.65. The molecule has 2 N–H and O–H groups in total. The third-order valence-electron chi connectivity index (χ3n) is 4.67. The number of fused-ring (bicyclic) bond motifs is 1. The largest absolute Gasteiger partial charge is 0.371 e. The summed E-state index contributed by atoms with van der Waals surface area (Å²) < 4.78 is 0. The van der Waals surface area contributed by atoms with Crippen LogP contribution in [0.2, 0.25) is 0 Å². The van der Waals surface area contributed by atoms with Crippen LogP contribution in [0.5, 0.6) is 0 Å². The highest BCUT2D eigenvalue weighted by Gasteiger charge is 2.26. The van der Waals surface area contributed by atoms with Crippen LogP contribution < -0.4 is 10.6 Å².